The molecule has 0 fully saturated rings. The van der Waals surface area contributed by atoms with Crippen LogP contribution < -0.4 is 4.74 Å². The number of aromatic hydroxyl groups is 1. The highest BCUT2D eigenvalue weighted by atomic mass is 16.7. The number of carbonyl (C=O) groups excluding carboxylic acids is 1. The van der Waals surface area contributed by atoms with Crippen molar-refractivity contribution in [3.8, 4) is 11.5 Å². The van der Waals surface area contributed by atoms with Gasteiger partial charge in [-0.15, -0.1) is 0 Å². The minimum atomic E-state index is -0.398. The Balaban J connectivity index is 0.000000546. The number of rotatable bonds is 9. The fourth-order valence-corrected chi connectivity index (χ4v) is 2.47. The van der Waals surface area contributed by atoms with Crippen LogP contribution in [0.1, 0.15) is 52.7 Å². The van der Waals surface area contributed by atoms with Gasteiger partial charge in [0.15, 0.2) is 6.29 Å². The van der Waals surface area contributed by atoms with E-state index >= 15 is 0 Å². The predicted octanol–water partition coefficient (Wildman–Crippen LogP) is 7.03. The van der Waals surface area contributed by atoms with Crippen LogP contribution >= 0.6 is 0 Å². The van der Waals surface area contributed by atoms with Gasteiger partial charge in [0.05, 0.1) is 6.61 Å². The Morgan fingerprint density at radius 2 is 1.44 bits per heavy atom. The first-order valence-electron chi connectivity index (χ1n) is 11.4. The van der Waals surface area contributed by atoms with Gasteiger partial charge in [-0.1, -0.05) is 69.0 Å². The van der Waals surface area contributed by atoms with E-state index in [1.54, 1.807) is 12.1 Å². The van der Waals surface area contributed by atoms with Crippen molar-refractivity contribution in [3.63, 3.8) is 0 Å². The molecule has 1 atom stereocenters. The van der Waals surface area contributed by atoms with E-state index in [2.05, 4.69) is 20.4 Å². The zero-order chi connectivity index (χ0) is 25.6. The lowest BCUT2D eigenvalue weighted by molar-refractivity contribution is -0.148. The molecule has 0 heterocycles. The summed E-state index contributed by atoms with van der Waals surface area (Å²) < 4.78 is 16.2. The van der Waals surface area contributed by atoms with E-state index in [0.29, 0.717) is 12.5 Å². The summed E-state index contributed by atoms with van der Waals surface area (Å²) in [6, 6.07) is 15.0. The molecule has 34 heavy (non-hydrogen) atoms. The molecule has 5 nitrogen and oxygen atoms in total. The summed E-state index contributed by atoms with van der Waals surface area (Å²) in [7, 11) is 0. The van der Waals surface area contributed by atoms with Gasteiger partial charge in [0.1, 0.15) is 17.1 Å². The molecule has 0 saturated carbocycles. The zero-order valence-corrected chi connectivity index (χ0v) is 21.2. The monoisotopic (exact) mass is 466 g/mol. The highest BCUT2D eigenvalue weighted by Gasteiger charge is 2.13. The summed E-state index contributed by atoms with van der Waals surface area (Å²) in [4.78, 5) is 10.5. The summed E-state index contributed by atoms with van der Waals surface area (Å²) in [5, 5.41) is 9.25. The lowest BCUT2D eigenvalue weighted by Gasteiger charge is -2.17. The van der Waals surface area contributed by atoms with Crippen LogP contribution in [0.15, 0.2) is 73.3 Å². The van der Waals surface area contributed by atoms with E-state index in [1.807, 2.05) is 88.4 Å². The van der Waals surface area contributed by atoms with Crippen LogP contribution in [-0.2, 0) is 14.3 Å². The van der Waals surface area contributed by atoms with Crippen LogP contribution in [0.3, 0.4) is 0 Å². The Labute approximate surface area is 204 Å². The molecule has 5 heteroatoms. The van der Waals surface area contributed by atoms with E-state index < -0.39 is 5.60 Å². The Hall–Kier alpha value is -3.31. The zero-order valence-electron chi connectivity index (χ0n) is 21.2. The third-order valence-electron chi connectivity index (χ3n) is 4.00. The number of allylic oxidation sites excluding steroid dienone is 2. The molecule has 1 unspecified atom stereocenters. The Morgan fingerprint density at radius 1 is 0.941 bits per heavy atom. The summed E-state index contributed by atoms with van der Waals surface area (Å²) >= 11 is 0. The maximum absolute atomic E-state index is 10.5. The van der Waals surface area contributed by atoms with Crippen LogP contribution in [0, 0.1) is 5.92 Å². The molecule has 2 rings (SSSR count). The molecule has 1 N–H and O–H groups in total. The maximum Gasteiger partial charge on any atom is 0.330 e. The number of carbonyl (C=O) groups is 1. The standard InChI is InChI=1S/C22H26O3.C7H12O2/c1-17(2)16-24-18(3)25-22-14-10-20(11-15-22)7-5-4-6-19-8-12-21(23)13-9-19;1-5-6(8)9-7(2,3)4/h4-15,17-18,23H,16H2,1-3H3;5H,1H2,2-4H3. The third kappa shape index (κ3) is 14.0. The molecule has 0 aliphatic rings. The van der Waals surface area contributed by atoms with Crippen LogP contribution in [0.25, 0.3) is 12.2 Å². The molecule has 0 saturated heterocycles. The van der Waals surface area contributed by atoms with Crippen molar-refractivity contribution >= 4 is 18.1 Å². The molecular formula is C29H38O5. The predicted molar refractivity (Wildman–Crippen MR) is 140 cm³/mol. The summed E-state index contributed by atoms with van der Waals surface area (Å²) in [5.74, 6) is 1.20. The fraction of sp³-hybridized carbons (Fsp3) is 0.345. The van der Waals surface area contributed by atoms with Gasteiger partial charge in [-0.3, -0.25) is 0 Å². The average molecular weight is 467 g/mol. The largest absolute Gasteiger partial charge is 0.508 e. The van der Waals surface area contributed by atoms with Crippen molar-refractivity contribution in [2.24, 2.45) is 5.92 Å². The molecule has 184 valence electrons. The highest BCUT2D eigenvalue weighted by Crippen LogP contribution is 2.16. The number of hydrogen-bond donors (Lipinski definition) is 1. The smallest absolute Gasteiger partial charge is 0.330 e. The van der Waals surface area contributed by atoms with Crippen LogP contribution in [0.5, 0.6) is 11.5 Å². The molecule has 0 bridgehead atoms. The Bertz CT molecular complexity index is 916. The first kappa shape index (κ1) is 28.7. The number of esters is 1. The maximum atomic E-state index is 10.5. The number of ether oxygens (including phenoxy) is 3. The summed E-state index contributed by atoms with van der Waals surface area (Å²) in [5.41, 5.74) is 1.74. The van der Waals surface area contributed by atoms with E-state index in [9.17, 15) is 9.90 Å². The summed E-state index contributed by atoms with van der Waals surface area (Å²) in [6.45, 7) is 15.5. The molecule has 0 radical (unpaired) electrons. The molecule has 2 aromatic carbocycles. The van der Waals surface area contributed by atoms with Gasteiger partial charge in [0, 0.05) is 6.08 Å². The van der Waals surface area contributed by atoms with Gasteiger partial charge < -0.3 is 19.3 Å². The highest BCUT2D eigenvalue weighted by molar-refractivity contribution is 5.81. The van der Waals surface area contributed by atoms with Crippen molar-refractivity contribution in [3.05, 3.63) is 84.5 Å². The minimum absolute atomic E-state index is 0.253. The van der Waals surface area contributed by atoms with Crippen molar-refractivity contribution in [2.75, 3.05) is 6.61 Å². The van der Waals surface area contributed by atoms with E-state index in [4.69, 9.17) is 14.2 Å². The van der Waals surface area contributed by atoms with Gasteiger partial charge in [0.2, 0.25) is 0 Å². The van der Waals surface area contributed by atoms with Gasteiger partial charge in [-0.05, 0) is 69.0 Å². The SMILES string of the molecule is C=CC(=O)OC(C)(C)C.CC(C)COC(C)Oc1ccc(C=CC=Cc2ccc(O)cc2)cc1. The first-order valence-corrected chi connectivity index (χ1v) is 11.4. The van der Waals surface area contributed by atoms with E-state index in [0.717, 1.165) is 23.0 Å². The van der Waals surface area contributed by atoms with Gasteiger partial charge in [-0.2, -0.15) is 0 Å². The number of hydrogen-bond acceptors (Lipinski definition) is 5. The van der Waals surface area contributed by atoms with E-state index in [1.165, 1.54) is 0 Å². The molecule has 0 amide bonds. The molecule has 2 aromatic rings. The topological polar surface area (TPSA) is 65.0 Å². The van der Waals surface area contributed by atoms with Crippen LogP contribution in [0.2, 0.25) is 0 Å². The van der Waals surface area contributed by atoms with Crippen molar-refractivity contribution < 1.29 is 24.1 Å². The van der Waals surface area contributed by atoms with Crippen molar-refractivity contribution in [1.82, 2.24) is 0 Å². The lowest BCUT2D eigenvalue weighted by Crippen LogP contribution is -2.22. The third-order valence-corrected chi connectivity index (χ3v) is 4.00. The normalized spacial score (nSPS) is 12.3. The Morgan fingerprint density at radius 3 is 1.85 bits per heavy atom. The average Bonchev–Trinajstić information content (AvgIpc) is 2.77. The second kappa shape index (κ2) is 14.8. The number of benzene rings is 2. The summed E-state index contributed by atoms with van der Waals surface area (Å²) in [6.07, 6.45) is 8.87. The van der Waals surface area contributed by atoms with Crippen molar-refractivity contribution in [2.45, 2.75) is 53.4 Å². The second-order valence-corrected chi connectivity index (χ2v) is 9.03. The number of phenols is 1. The minimum Gasteiger partial charge on any atom is -0.508 e. The van der Waals surface area contributed by atoms with Gasteiger partial charge >= 0.3 is 5.97 Å². The first-order chi connectivity index (χ1) is 16.0. The number of phenolic OH excluding ortho intramolecular Hbond substituents is 1. The molecule has 0 spiro atoms. The molecule has 0 aromatic heterocycles. The van der Waals surface area contributed by atoms with Crippen LogP contribution in [-0.4, -0.2) is 29.6 Å². The van der Waals surface area contributed by atoms with Crippen LogP contribution in [0.4, 0.5) is 0 Å². The Kier molecular flexibility index (Phi) is 12.5. The second-order valence-electron chi connectivity index (χ2n) is 9.03. The quantitative estimate of drug-likeness (QED) is 0.186. The lowest BCUT2D eigenvalue weighted by atomic mass is 10.2. The fourth-order valence-electron chi connectivity index (χ4n) is 2.47. The van der Waals surface area contributed by atoms with Crippen molar-refractivity contribution in [1.29, 1.82) is 0 Å². The molecule has 0 aliphatic carbocycles. The molecular weight excluding hydrogens is 428 g/mol. The molecule has 0 aliphatic heterocycles. The van der Waals surface area contributed by atoms with Gasteiger partial charge in [-0.25, -0.2) is 4.79 Å². The van der Waals surface area contributed by atoms with E-state index in [-0.39, 0.29) is 18.0 Å². The van der Waals surface area contributed by atoms with Gasteiger partial charge in [0.25, 0.3) is 0 Å².